The van der Waals surface area contributed by atoms with Crippen LogP contribution in [0.2, 0.25) is 64.1 Å². The van der Waals surface area contributed by atoms with Crippen LogP contribution >= 0.6 is 40.0 Å². The molecule has 0 radical (unpaired) electrons. The van der Waals surface area contributed by atoms with Crippen LogP contribution in [0, 0.1) is 0 Å². The molecular formula is C37H93I2NO8Si4V. The third kappa shape index (κ3) is 51.8. The molecule has 0 aromatic carbocycles. The Morgan fingerprint density at radius 2 is 1.32 bits per heavy atom. The van der Waals surface area contributed by atoms with E-state index < -0.39 is 45.6 Å². The van der Waals surface area contributed by atoms with E-state index in [4.69, 9.17) is 23.1 Å². The number of carbonyl (C=O) groups is 1. The summed E-state index contributed by atoms with van der Waals surface area (Å²) in [6.07, 6.45) is 8.22. The molecular weight excluding hydrogens is 1000 g/mol. The van der Waals surface area contributed by atoms with E-state index >= 15 is 0 Å². The van der Waals surface area contributed by atoms with E-state index in [1.54, 1.807) is 6.92 Å². The zero-order valence-corrected chi connectivity index (χ0v) is 40.9. The third-order valence-electron chi connectivity index (χ3n) is 7.01. The molecule has 0 aliphatic rings. The van der Waals surface area contributed by atoms with Gasteiger partial charge >= 0.3 is 55.4 Å². The second kappa shape index (κ2) is 43.4. The summed E-state index contributed by atoms with van der Waals surface area (Å²) >= 11 is 4.74. The topological polar surface area (TPSA) is 116 Å². The van der Waals surface area contributed by atoms with Gasteiger partial charge in [-0.25, -0.2) is 4.79 Å². The first kappa shape index (κ1) is 72.5. The molecule has 2 atom stereocenters. The number of aliphatic hydroxyl groups excluding tert-OH is 2. The monoisotopic (exact) mass is 1100 g/mol. The van der Waals surface area contributed by atoms with Crippen molar-refractivity contribution in [2.45, 2.75) is 173 Å². The summed E-state index contributed by atoms with van der Waals surface area (Å²) in [7, 11) is -5.09. The third-order valence-corrected chi connectivity index (χ3v) is 22.3. The number of hydrogen-bond donors (Lipinski definition) is 3. The van der Waals surface area contributed by atoms with E-state index in [-0.39, 0.29) is 70.7 Å². The Morgan fingerprint density at radius 1 is 0.792 bits per heavy atom. The average Bonchev–Trinajstić information content (AvgIpc) is 2.92. The Bertz CT molecular complexity index is 808. The fourth-order valence-electron chi connectivity index (χ4n) is 5.39. The number of ether oxygens (including phenoxy) is 4. The summed E-state index contributed by atoms with van der Waals surface area (Å²) in [6, 6.07) is 1.13. The Labute approximate surface area is 366 Å². The van der Waals surface area contributed by atoms with Gasteiger partial charge in [0.2, 0.25) is 0 Å². The van der Waals surface area contributed by atoms with E-state index in [0.717, 1.165) is 63.0 Å². The van der Waals surface area contributed by atoms with Crippen LogP contribution in [-0.4, -0.2) is 114 Å². The predicted octanol–water partition coefficient (Wildman–Crippen LogP) is 11.0. The van der Waals surface area contributed by atoms with Gasteiger partial charge in [-0.2, -0.15) is 0 Å². The van der Waals surface area contributed by atoms with Crippen molar-refractivity contribution in [1.29, 1.82) is 0 Å². The summed E-state index contributed by atoms with van der Waals surface area (Å²) in [5, 5.41) is 23.9. The van der Waals surface area contributed by atoms with E-state index in [9.17, 15) is 15.0 Å². The van der Waals surface area contributed by atoms with Crippen molar-refractivity contribution in [2.75, 3.05) is 52.2 Å². The molecule has 0 bridgehead atoms. The van der Waals surface area contributed by atoms with E-state index in [1.165, 1.54) is 12.6 Å². The van der Waals surface area contributed by atoms with Gasteiger partial charge in [-0.15, -0.1) is 0 Å². The Hall–Kier alpha value is 1.84. The van der Waals surface area contributed by atoms with Crippen molar-refractivity contribution in [3.63, 3.8) is 0 Å². The summed E-state index contributed by atoms with van der Waals surface area (Å²) in [4.78, 5) is 11.3. The molecule has 0 saturated heterocycles. The van der Waals surface area contributed by atoms with E-state index in [1.807, 2.05) is 0 Å². The summed E-state index contributed by atoms with van der Waals surface area (Å²) in [6.45, 7) is 26.1. The number of esters is 1. The molecule has 329 valence electrons. The first-order valence-corrected chi connectivity index (χ1v) is 38.9. The van der Waals surface area contributed by atoms with Gasteiger partial charge in [0.1, 0.15) is 6.10 Å². The summed E-state index contributed by atoms with van der Waals surface area (Å²) in [5.41, 5.74) is 1.47. The predicted molar refractivity (Wildman–Crippen MR) is 261 cm³/mol. The molecule has 0 aromatic rings. The Morgan fingerprint density at radius 3 is 1.87 bits per heavy atom. The average molecular weight is 1100 g/mol. The molecule has 0 saturated carbocycles. The van der Waals surface area contributed by atoms with Crippen molar-refractivity contribution < 1.29 is 47.5 Å². The van der Waals surface area contributed by atoms with E-state index in [2.05, 4.69) is 104 Å². The molecule has 0 aliphatic heterocycles. The van der Waals surface area contributed by atoms with E-state index in [0.29, 0.717) is 28.3 Å². The van der Waals surface area contributed by atoms with Crippen LogP contribution < -0.4 is 5.32 Å². The molecule has 0 aliphatic carbocycles. The number of hydrogen-bond acceptors (Lipinski definition) is 9. The van der Waals surface area contributed by atoms with Gasteiger partial charge in [0.05, 0.1) is 34.0 Å². The maximum absolute atomic E-state index is 11.3. The van der Waals surface area contributed by atoms with Gasteiger partial charge in [0, 0.05) is 27.2 Å². The minimum absolute atomic E-state index is 0. The fourth-order valence-corrected chi connectivity index (χ4v) is 24.9. The van der Waals surface area contributed by atoms with Gasteiger partial charge in [-0.3, -0.25) is 0 Å². The van der Waals surface area contributed by atoms with Crippen LogP contribution in [-0.2, 0) is 37.3 Å². The van der Waals surface area contributed by atoms with Gasteiger partial charge in [-0.05, 0) is 76.8 Å². The van der Waals surface area contributed by atoms with Gasteiger partial charge in [-0.1, -0.05) is 103 Å². The Kier molecular flexibility index (Phi) is 59.4. The minimum atomic E-state index is -1.83. The quantitative estimate of drug-likeness (QED) is 0.0168. The number of rotatable bonds is 29. The summed E-state index contributed by atoms with van der Waals surface area (Å²) in [5.74, 6) is -0.510. The number of unbranched alkanes of at least 4 members (excludes halogenated alkanes) is 4. The van der Waals surface area contributed by atoms with Crippen LogP contribution in [0.1, 0.15) is 96.4 Å². The van der Waals surface area contributed by atoms with Crippen LogP contribution in [0.5, 0.6) is 0 Å². The molecule has 3 N–H and O–H groups in total. The first-order chi connectivity index (χ1) is 21.9. The molecule has 0 rings (SSSR count). The van der Waals surface area contributed by atoms with Crippen molar-refractivity contribution in [3.05, 3.63) is 12.2 Å². The van der Waals surface area contributed by atoms with Crippen molar-refractivity contribution in [2.24, 2.45) is 0 Å². The van der Waals surface area contributed by atoms with Gasteiger partial charge < -0.3 is 38.6 Å². The molecule has 9 nitrogen and oxygen atoms in total. The van der Waals surface area contributed by atoms with Crippen LogP contribution in [0.3, 0.4) is 0 Å². The second-order valence-corrected chi connectivity index (χ2v) is 44.3. The molecule has 0 aromatic heterocycles. The van der Waals surface area contributed by atoms with Crippen molar-refractivity contribution in [3.8, 4) is 0 Å². The standard InChI is InChI=1S/C31H69NO8Si4.6CH4.2HI.V/c1-28(2)31(35)39-25-37-23-30(34)22-36-19-15-12-16-20-43(7,8)40-44(9,10)27-42(5,6)26-38-21-29(33)17-13-11-14-18-32-24-41(3)4;;;;;;;;;/h29-30,32-34,41H,1,11-27H2,2-10H3;6*1H4;2*1H;/q;;;;;;;;;+2/p-2. The first-order valence-electron chi connectivity index (χ1n) is 17.1. The zero-order valence-electron chi connectivity index (χ0n) is 31.0. The number of carbonyl (C=O) groups excluding carboxylic acids is 1. The number of halogens is 2. The van der Waals surface area contributed by atoms with Crippen LogP contribution in [0.4, 0.5) is 0 Å². The van der Waals surface area contributed by atoms with Crippen LogP contribution in [0.15, 0.2) is 12.2 Å². The van der Waals surface area contributed by atoms with Gasteiger partial charge in [0.15, 0.2) is 23.4 Å². The molecule has 53 heavy (non-hydrogen) atoms. The maximum atomic E-state index is 11.3. The molecule has 0 fully saturated rings. The van der Waals surface area contributed by atoms with Crippen molar-refractivity contribution in [1.82, 2.24) is 5.32 Å². The molecule has 0 spiro atoms. The zero-order chi connectivity index (χ0) is 36.4. The Balaban J connectivity index is -0.000000361. The molecule has 0 amide bonds. The SMILES string of the molecule is C.C.C.C.C.C.C=C(C)C(=O)OCOCC(O)COCCCCC[Si](C)(C)O[Si](C)(C)C[Si](C)(C)COCC(O)CCCCCNC[SiH](C)C.[I][V][I]. The summed E-state index contributed by atoms with van der Waals surface area (Å²) < 4.78 is 28.5. The molecule has 2 unspecified atom stereocenters. The number of nitrogens with one attached hydrogen (secondary N) is 1. The van der Waals surface area contributed by atoms with Gasteiger partial charge in [0.25, 0.3) is 0 Å². The normalized spacial score (nSPS) is 12.0. The number of aliphatic hydroxyl groups is 2. The van der Waals surface area contributed by atoms with Crippen molar-refractivity contribution >= 4 is 79.4 Å². The van der Waals surface area contributed by atoms with Crippen LogP contribution in [0.25, 0.3) is 0 Å². The fraction of sp³-hybridized carbons (Fsp3) is 0.919. The molecule has 16 heteroatoms. The second-order valence-electron chi connectivity index (χ2n) is 14.9. The molecule has 0 heterocycles.